The van der Waals surface area contributed by atoms with Crippen LogP contribution < -0.4 is 20.3 Å². The number of carbonyl (C=O) groups excluding carboxylic acids is 1. The average molecular weight is 643 g/mol. The van der Waals surface area contributed by atoms with Gasteiger partial charge < -0.3 is 34.6 Å². The molecule has 1 aromatic heterocycles. The molecule has 0 spiro atoms. The lowest BCUT2D eigenvalue weighted by atomic mass is 9.87. The first kappa shape index (κ1) is 34.4. The summed E-state index contributed by atoms with van der Waals surface area (Å²) in [5, 5.41) is 15.7. The lowest BCUT2D eigenvalue weighted by Crippen LogP contribution is -2.52. The molecule has 0 radical (unpaired) electrons. The Morgan fingerprint density at radius 1 is 1.16 bits per heavy atom. The molecule has 12 heteroatoms. The van der Waals surface area contributed by atoms with Crippen molar-refractivity contribution in [1.82, 2.24) is 20.4 Å². The molecule has 4 rings (SSSR count). The van der Waals surface area contributed by atoms with E-state index in [0.29, 0.717) is 67.2 Å². The molecule has 1 aliphatic heterocycles. The van der Waals surface area contributed by atoms with Gasteiger partial charge in [0.2, 0.25) is 5.91 Å². The van der Waals surface area contributed by atoms with Crippen molar-refractivity contribution in [3.05, 3.63) is 70.6 Å². The molecule has 2 unspecified atom stereocenters. The fourth-order valence-electron chi connectivity index (χ4n) is 5.49. The summed E-state index contributed by atoms with van der Waals surface area (Å²) in [6.07, 6.45) is 2.33. The van der Waals surface area contributed by atoms with Gasteiger partial charge in [-0.15, -0.1) is 5.10 Å². The first-order chi connectivity index (χ1) is 21.8. The number of likely N-dealkylation sites (N-methyl/N-ethyl adjacent to an activating group) is 1. The van der Waals surface area contributed by atoms with Crippen LogP contribution in [0.3, 0.4) is 0 Å². The fraction of sp³-hybridized carbons (Fsp3) is 0.485. The molecule has 2 heterocycles. The van der Waals surface area contributed by atoms with Gasteiger partial charge in [-0.05, 0) is 61.3 Å². The van der Waals surface area contributed by atoms with E-state index >= 15 is 0 Å². The van der Waals surface area contributed by atoms with Gasteiger partial charge in [-0.2, -0.15) is 5.10 Å². The molecule has 3 aromatic rings. The monoisotopic (exact) mass is 642 g/mol. The van der Waals surface area contributed by atoms with Crippen molar-refractivity contribution < 1.29 is 23.4 Å². The number of rotatable bonds is 17. The minimum absolute atomic E-state index is 0.0107. The highest BCUT2D eigenvalue weighted by Gasteiger charge is 2.37. The topological polar surface area (TPSA) is 101 Å². The maximum Gasteiger partial charge on any atom is 0.242 e. The molecule has 0 saturated heterocycles. The van der Waals surface area contributed by atoms with Crippen LogP contribution in [-0.4, -0.2) is 86.7 Å². The van der Waals surface area contributed by atoms with Crippen molar-refractivity contribution in [1.29, 1.82) is 0 Å². The molecule has 0 aliphatic carbocycles. The normalized spacial score (nSPS) is 16.0. The molecule has 1 amide bonds. The number of hydrogen-bond donors (Lipinski definition) is 2. The van der Waals surface area contributed by atoms with Gasteiger partial charge in [-0.25, -0.2) is 4.39 Å². The van der Waals surface area contributed by atoms with Gasteiger partial charge in [-0.3, -0.25) is 4.79 Å². The first-order valence-electron chi connectivity index (χ1n) is 15.5. The van der Waals surface area contributed by atoms with Crippen molar-refractivity contribution in [2.24, 2.45) is 0 Å². The highest BCUT2D eigenvalue weighted by atomic mass is 35.5. The lowest BCUT2D eigenvalue weighted by molar-refractivity contribution is -0.122. The zero-order chi connectivity index (χ0) is 32.2. The lowest BCUT2D eigenvalue weighted by Gasteiger charge is -2.40. The Kier molecular flexibility index (Phi) is 13.2. The van der Waals surface area contributed by atoms with Gasteiger partial charge in [0.05, 0.1) is 36.7 Å². The van der Waals surface area contributed by atoms with Crippen LogP contribution in [0.15, 0.2) is 48.7 Å². The third-order valence-electron chi connectivity index (χ3n) is 7.93. The molecule has 0 fully saturated rings. The summed E-state index contributed by atoms with van der Waals surface area (Å²) < 4.78 is 30.3. The van der Waals surface area contributed by atoms with E-state index < -0.39 is 0 Å². The maximum atomic E-state index is 13.5. The molecular weight excluding hydrogens is 599 g/mol. The number of methoxy groups -OCH3 is 1. The second-order valence-electron chi connectivity index (χ2n) is 10.9. The first-order valence-corrected chi connectivity index (χ1v) is 15.8. The van der Waals surface area contributed by atoms with Crippen LogP contribution in [0.4, 0.5) is 21.6 Å². The summed E-state index contributed by atoms with van der Waals surface area (Å²) in [6.45, 7) is 11.7. The summed E-state index contributed by atoms with van der Waals surface area (Å²) in [5.41, 5.74) is 3.22. The van der Waals surface area contributed by atoms with E-state index in [-0.39, 0.29) is 30.3 Å². The van der Waals surface area contributed by atoms with Crippen molar-refractivity contribution >= 4 is 34.7 Å². The number of fused-ring (bicyclic) bond motifs is 1. The predicted molar refractivity (Wildman–Crippen MR) is 175 cm³/mol. The third-order valence-corrected chi connectivity index (χ3v) is 8.23. The van der Waals surface area contributed by atoms with Crippen LogP contribution in [0.1, 0.15) is 44.2 Å². The summed E-state index contributed by atoms with van der Waals surface area (Å²) in [6, 6.07) is 11.2. The molecule has 0 saturated carbocycles. The number of carbonyl (C=O) groups is 1. The molecule has 10 nitrogen and oxygen atoms in total. The van der Waals surface area contributed by atoms with Gasteiger partial charge in [0.15, 0.2) is 5.82 Å². The molecule has 2 atom stereocenters. The number of nitrogens with zero attached hydrogens (tertiary/aromatic N) is 4. The van der Waals surface area contributed by atoms with Gasteiger partial charge >= 0.3 is 0 Å². The quantitative estimate of drug-likeness (QED) is 0.188. The van der Waals surface area contributed by atoms with Crippen molar-refractivity contribution in [2.75, 3.05) is 69.9 Å². The average Bonchev–Trinajstić information content (AvgIpc) is 3.03. The van der Waals surface area contributed by atoms with E-state index in [1.165, 1.54) is 12.1 Å². The van der Waals surface area contributed by atoms with Crippen LogP contribution in [0, 0.1) is 5.82 Å². The molecule has 244 valence electrons. The van der Waals surface area contributed by atoms with Gasteiger partial charge in [0.1, 0.15) is 24.2 Å². The molecular formula is C33H44ClFN6O4. The predicted octanol–water partition coefficient (Wildman–Crippen LogP) is 5.39. The fourth-order valence-corrected chi connectivity index (χ4v) is 5.72. The zero-order valence-electron chi connectivity index (χ0n) is 26.5. The molecule has 1 aliphatic rings. The molecule has 0 bridgehead atoms. The van der Waals surface area contributed by atoms with E-state index in [2.05, 4.69) is 51.4 Å². The van der Waals surface area contributed by atoms with Crippen LogP contribution in [0.25, 0.3) is 0 Å². The van der Waals surface area contributed by atoms with Gasteiger partial charge in [0, 0.05) is 38.0 Å². The SMILES string of the molecule is CCN(CC)CCNC(=O)C1CC(C)c2c(cnnc2Nc2ccc(OCc3cccc(F)c3)c(Cl)c2)N1CCOCCOC. The Bertz CT molecular complexity index is 1400. The second kappa shape index (κ2) is 17.3. The van der Waals surface area contributed by atoms with Crippen molar-refractivity contribution in [3.8, 4) is 5.75 Å². The Labute approximate surface area is 270 Å². The smallest absolute Gasteiger partial charge is 0.242 e. The Balaban J connectivity index is 1.51. The number of amides is 1. The Morgan fingerprint density at radius 3 is 2.71 bits per heavy atom. The van der Waals surface area contributed by atoms with Gasteiger partial charge in [0.25, 0.3) is 0 Å². The van der Waals surface area contributed by atoms with Crippen molar-refractivity contribution in [3.63, 3.8) is 0 Å². The molecule has 45 heavy (non-hydrogen) atoms. The van der Waals surface area contributed by atoms with Crippen LogP contribution >= 0.6 is 11.6 Å². The highest BCUT2D eigenvalue weighted by molar-refractivity contribution is 6.32. The highest BCUT2D eigenvalue weighted by Crippen LogP contribution is 2.42. The van der Waals surface area contributed by atoms with Crippen LogP contribution in [0.2, 0.25) is 5.02 Å². The van der Waals surface area contributed by atoms with E-state index in [9.17, 15) is 9.18 Å². The summed E-state index contributed by atoms with van der Waals surface area (Å²) in [4.78, 5) is 17.9. The minimum Gasteiger partial charge on any atom is -0.487 e. The number of ether oxygens (including phenoxy) is 3. The second-order valence-corrected chi connectivity index (χ2v) is 11.4. The van der Waals surface area contributed by atoms with Crippen molar-refractivity contribution in [2.45, 2.75) is 45.8 Å². The zero-order valence-corrected chi connectivity index (χ0v) is 27.3. The number of aromatic nitrogens is 2. The Hall–Kier alpha value is -3.51. The maximum absolute atomic E-state index is 13.5. The number of nitrogens with one attached hydrogen (secondary N) is 2. The summed E-state index contributed by atoms with van der Waals surface area (Å²) in [7, 11) is 1.64. The number of benzene rings is 2. The minimum atomic E-state index is -0.378. The summed E-state index contributed by atoms with van der Waals surface area (Å²) in [5.74, 6) is 0.767. The largest absolute Gasteiger partial charge is 0.487 e. The standard InChI is InChI=1S/C33H44ClFN6O4/c1-5-40(6-2)13-12-36-33(42)28-18-23(3)31-29(41(28)14-15-44-17-16-43-4)21-37-39-32(31)38-26-10-11-30(27(34)20-26)45-22-24-8-7-9-25(35)19-24/h7-11,19-21,23,28H,5-6,12-18,22H2,1-4H3,(H,36,42)(H,38,39). The van der Waals surface area contributed by atoms with E-state index in [1.807, 2.05) is 6.07 Å². The van der Waals surface area contributed by atoms with E-state index in [1.54, 1.807) is 37.6 Å². The van der Waals surface area contributed by atoms with Crippen LogP contribution in [-0.2, 0) is 20.9 Å². The van der Waals surface area contributed by atoms with Crippen LogP contribution in [0.5, 0.6) is 5.75 Å². The van der Waals surface area contributed by atoms with E-state index in [0.717, 1.165) is 30.9 Å². The molecule has 2 N–H and O–H groups in total. The number of hydrogen-bond acceptors (Lipinski definition) is 9. The van der Waals surface area contributed by atoms with E-state index in [4.69, 9.17) is 25.8 Å². The number of halogens is 2. The third kappa shape index (κ3) is 9.49. The number of anilines is 3. The summed E-state index contributed by atoms with van der Waals surface area (Å²) >= 11 is 6.56. The Morgan fingerprint density at radius 2 is 1.98 bits per heavy atom. The van der Waals surface area contributed by atoms with Gasteiger partial charge in [-0.1, -0.05) is 44.5 Å². The molecule has 2 aromatic carbocycles.